The molecule has 0 saturated carbocycles. The Balaban J connectivity index is 2.24. The van der Waals surface area contributed by atoms with Gasteiger partial charge in [-0.3, -0.25) is 15.2 Å². The molecule has 0 unspecified atom stereocenters. The first-order valence-corrected chi connectivity index (χ1v) is 5.90. The average Bonchev–Trinajstić information content (AvgIpc) is 2.86. The molecule has 0 saturated heterocycles. The van der Waals surface area contributed by atoms with Crippen LogP contribution in [-0.4, -0.2) is 37.4 Å². The topological polar surface area (TPSA) is 134 Å². The molecule has 20 heavy (non-hydrogen) atoms. The molecule has 0 bridgehead atoms. The number of aliphatic imine (C=N–C) groups is 1. The molecule has 0 fully saturated rings. The molecular weight excluding hydrogens is 334 g/mol. The van der Waals surface area contributed by atoms with Crippen LogP contribution in [0.5, 0.6) is 0 Å². The second-order valence-corrected chi connectivity index (χ2v) is 4.37. The Kier molecular flexibility index (Phi) is 3.84. The van der Waals surface area contributed by atoms with Crippen LogP contribution in [0.3, 0.4) is 0 Å². The van der Waals surface area contributed by atoms with E-state index in [1.165, 1.54) is 18.3 Å². The quantitative estimate of drug-likeness (QED) is 0.496. The van der Waals surface area contributed by atoms with Gasteiger partial charge < -0.3 is 5.11 Å². The van der Waals surface area contributed by atoms with Gasteiger partial charge in [-0.1, -0.05) is 6.07 Å². The number of carbonyl (C=O) groups is 1. The maximum atomic E-state index is 10.8. The fourth-order valence-corrected chi connectivity index (χ4v) is 1.68. The van der Waals surface area contributed by atoms with E-state index in [2.05, 4.69) is 36.1 Å². The summed E-state index contributed by atoms with van der Waals surface area (Å²) in [5, 5.41) is 25.2. The molecule has 9 nitrogen and oxygen atoms in total. The molecule has 0 aliphatic rings. The first-order valence-electron chi connectivity index (χ1n) is 5.11. The molecule has 0 aliphatic heterocycles. The van der Waals surface area contributed by atoms with Crippen molar-refractivity contribution in [2.75, 3.05) is 0 Å². The summed E-state index contributed by atoms with van der Waals surface area (Å²) in [6.45, 7) is 0. The van der Waals surface area contributed by atoms with E-state index in [-0.39, 0.29) is 17.5 Å². The number of benzene rings is 1. The van der Waals surface area contributed by atoms with Crippen LogP contribution in [0, 0.1) is 10.1 Å². The lowest BCUT2D eigenvalue weighted by Crippen LogP contribution is -1.98. The van der Waals surface area contributed by atoms with Crippen molar-refractivity contribution in [1.29, 1.82) is 0 Å². The van der Waals surface area contributed by atoms with Crippen molar-refractivity contribution in [3.05, 3.63) is 44.2 Å². The number of aromatic carboxylic acids is 1. The van der Waals surface area contributed by atoms with E-state index >= 15 is 0 Å². The number of rotatable bonds is 4. The van der Waals surface area contributed by atoms with E-state index in [1.54, 1.807) is 6.07 Å². The van der Waals surface area contributed by atoms with Crippen LogP contribution in [0.4, 0.5) is 11.6 Å². The normalized spacial score (nSPS) is 10.8. The summed E-state index contributed by atoms with van der Waals surface area (Å²) in [7, 11) is 0. The van der Waals surface area contributed by atoms with E-state index < -0.39 is 10.9 Å². The summed E-state index contributed by atoms with van der Waals surface area (Å²) in [5.74, 6) is -1.66. The van der Waals surface area contributed by atoms with Crippen LogP contribution in [-0.2, 0) is 0 Å². The highest BCUT2D eigenvalue weighted by Crippen LogP contribution is 2.25. The summed E-state index contributed by atoms with van der Waals surface area (Å²) in [6.07, 6.45) is 1.30. The number of nitro benzene ring substituents is 1. The van der Waals surface area contributed by atoms with E-state index in [9.17, 15) is 14.9 Å². The molecular formula is C10H6BrN5O4. The van der Waals surface area contributed by atoms with Crippen LogP contribution < -0.4 is 0 Å². The van der Waals surface area contributed by atoms with Crippen molar-refractivity contribution in [3.63, 3.8) is 0 Å². The minimum atomic E-state index is -1.25. The number of hydrogen-bond donors (Lipinski definition) is 2. The van der Waals surface area contributed by atoms with E-state index in [0.29, 0.717) is 10.0 Å². The summed E-state index contributed by atoms with van der Waals surface area (Å²) in [5.41, 5.74) is 0.358. The third kappa shape index (κ3) is 3.03. The lowest BCUT2D eigenvalue weighted by Gasteiger charge is -1.96. The van der Waals surface area contributed by atoms with Crippen molar-refractivity contribution < 1.29 is 14.8 Å². The lowest BCUT2D eigenvalue weighted by atomic mass is 10.2. The van der Waals surface area contributed by atoms with Gasteiger partial charge in [0.2, 0.25) is 5.82 Å². The van der Waals surface area contributed by atoms with Crippen molar-refractivity contribution >= 4 is 39.7 Å². The molecule has 2 aromatic rings. The predicted molar refractivity (Wildman–Crippen MR) is 71.4 cm³/mol. The molecule has 0 amide bonds. The minimum absolute atomic E-state index is 0.0760. The molecule has 0 aliphatic carbocycles. The number of nitrogens with zero attached hydrogens (tertiary/aromatic N) is 4. The molecule has 1 heterocycles. The highest BCUT2D eigenvalue weighted by Gasteiger charge is 2.12. The Labute approximate surface area is 119 Å². The summed E-state index contributed by atoms with van der Waals surface area (Å²) < 4.78 is 0.353. The Morgan fingerprint density at radius 3 is 2.90 bits per heavy atom. The van der Waals surface area contributed by atoms with Crippen LogP contribution in [0.15, 0.2) is 27.7 Å². The van der Waals surface area contributed by atoms with Crippen LogP contribution >= 0.6 is 15.9 Å². The number of halogens is 1. The number of aromatic amines is 1. The molecule has 102 valence electrons. The zero-order valence-corrected chi connectivity index (χ0v) is 11.2. The standard InChI is InChI=1S/C10H6BrN5O4/c11-6-2-1-5(3-7(6)16(19)20)4-12-10-13-8(9(17)18)14-15-10/h1-4H,(H,17,18)(H,13,14,15)/b12-4+. The number of carboxylic acid groups (broad SMARTS) is 1. The third-order valence-corrected chi connectivity index (χ3v) is 2.84. The third-order valence-electron chi connectivity index (χ3n) is 2.17. The molecule has 0 atom stereocenters. The monoisotopic (exact) mass is 339 g/mol. The van der Waals surface area contributed by atoms with Gasteiger partial charge in [0.05, 0.1) is 9.40 Å². The van der Waals surface area contributed by atoms with Crippen molar-refractivity contribution in [3.8, 4) is 0 Å². The average molecular weight is 340 g/mol. The van der Waals surface area contributed by atoms with Gasteiger partial charge in [-0.15, -0.1) is 5.10 Å². The fraction of sp³-hybridized carbons (Fsp3) is 0. The Morgan fingerprint density at radius 2 is 2.30 bits per heavy atom. The smallest absolute Gasteiger partial charge is 0.373 e. The van der Waals surface area contributed by atoms with Gasteiger partial charge in [0.1, 0.15) is 0 Å². The predicted octanol–water partition coefficient (Wildman–Crippen LogP) is 1.92. The fourth-order valence-electron chi connectivity index (χ4n) is 1.29. The summed E-state index contributed by atoms with van der Waals surface area (Å²) in [4.78, 5) is 28.2. The van der Waals surface area contributed by atoms with Crippen molar-refractivity contribution in [1.82, 2.24) is 15.2 Å². The van der Waals surface area contributed by atoms with E-state index in [1.807, 2.05) is 0 Å². The number of H-pyrrole nitrogens is 1. The maximum Gasteiger partial charge on any atom is 0.373 e. The number of nitrogens with one attached hydrogen (secondary N) is 1. The molecule has 10 heteroatoms. The van der Waals surface area contributed by atoms with Gasteiger partial charge in [-0.25, -0.2) is 9.79 Å². The van der Waals surface area contributed by atoms with Gasteiger partial charge in [0, 0.05) is 12.3 Å². The van der Waals surface area contributed by atoms with E-state index in [0.717, 1.165) is 0 Å². The first-order chi connectivity index (χ1) is 9.47. The second-order valence-electron chi connectivity index (χ2n) is 3.52. The number of hydrogen-bond acceptors (Lipinski definition) is 6. The van der Waals surface area contributed by atoms with Gasteiger partial charge in [-0.2, -0.15) is 4.98 Å². The van der Waals surface area contributed by atoms with Gasteiger partial charge >= 0.3 is 5.97 Å². The molecule has 1 aromatic carbocycles. The molecule has 2 N–H and O–H groups in total. The number of aromatic nitrogens is 3. The highest BCUT2D eigenvalue weighted by atomic mass is 79.9. The van der Waals surface area contributed by atoms with Gasteiger partial charge in [-0.05, 0) is 27.6 Å². The zero-order chi connectivity index (χ0) is 14.7. The SMILES string of the molecule is O=C(O)c1nc(/N=C/c2ccc(Br)c([N+](=O)[O-])c2)n[nH]1. The zero-order valence-electron chi connectivity index (χ0n) is 9.65. The molecule has 1 aromatic heterocycles. The Morgan fingerprint density at radius 1 is 1.55 bits per heavy atom. The lowest BCUT2D eigenvalue weighted by molar-refractivity contribution is -0.385. The van der Waals surface area contributed by atoms with Crippen LogP contribution in [0.1, 0.15) is 16.2 Å². The largest absolute Gasteiger partial charge is 0.475 e. The number of nitro groups is 1. The second kappa shape index (κ2) is 5.57. The highest BCUT2D eigenvalue weighted by molar-refractivity contribution is 9.10. The summed E-state index contributed by atoms with van der Waals surface area (Å²) in [6, 6.07) is 4.43. The maximum absolute atomic E-state index is 10.8. The van der Waals surface area contributed by atoms with Gasteiger partial charge in [0.25, 0.3) is 11.6 Å². The minimum Gasteiger partial charge on any atom is -0.475 e. The summed E-state index contributed by atoms with van der Waals surface area (Å²) >= 11 is 3.07. The van der Waals surface area contributed by atoms with Crippen molar-refractivity contribution in [2.24, 2.45) is 4.99 Å². The molecule has 2 rings (SSSR count). The van der Waals surface area contributed by atoms with Crippen molar-refractivity contribution in [2.45, 2.75) is 0 Å². The van der Waals surface area contributed by atoms with Gasteiger partial charge in [0.15, 0.2) is 0 Å². The van der Waals surface area contributed by atoms with Crippen LogP contribution in [0.2, 0.25) is 0 Å². The Bertz CT molecular complexity index is 711. The Hall–Kier alpha value is -2.62. The molecule has 0 radical (unpaired) electrons. The first kappa shape index (κ1) is 13.8. The molecule has 0 spiro atoms. The van der Waals surface area contributed by atoms with Crippen LogP contribution in [0.25, 0.3) is 0 Å². The number of carboxylic acids is 1. The van der Waals surface area contributed by atoms with E-state index in [4.69, 9.17) is 5.11 Å².